The Labute approximate surface area is 107 Å². The number of amides is 1. The highest BCUT2D eigenvalue weighted by Crippen LogP contribution is 2.14. The van der Waals surface area contributed by atoms with Crippen LogP contribution in [0.2, 0.25) is 0 Å². The van der Waals surface area contributed by atoms with Crippen LogP contribution in [-0.2, 0) is 14.7 Å². The monoisotopic (exact) mass is 297 g/mol. The molecule has 0 unspecified atom stereocenters. The lowest BCUT2D eigenvalue weighted by atomic mass is 10.2. The summed E-state index contributed by atoms with van der Waals surface area (Å²) in [6, 6.07) is 4.69. The minimum Gasteiger partial charge on any atom is -0.267 e. The third kappa shape index (κ3) is 5.26. The molecule has 0 bridgehead atoms. The molecule has 9 heteroatoms. The number of hydroxylamine groups is 1. The highest BCUT2D eigenvalue weighted by Gasteiger charge is 2.28. The van der Waals surface area contributed by atoms with Crippen LogP contribution in [0.5, 0.6) is 0 Å². The summed E-state index contributed by atoms with van der Waals surface area (Å²) in [7, 11) is -3.39. The number of carbonyl (C=O) groups is 1. The van der Waals surface area contributed by atoms with E-state index in [1.54, 1.807) is 5.48 Å². The van der Waals surface area contributed by atoms with E-state index in [-0.39, 0.29) is 10.5 Å². The zero-order valence-electron chi connectivity index (χ0n) is 9.69. The molecule has 1 N–H and O–H groups in total. The number of halogens is 3. The fourth-order valence-corrected chi connectivity index (χ4v) is 1.73. The standard InChI is InChI=1S/C10H10F3NO4S/c1-19(16,17)8-4-2-7(3-5-8)9(15)14-18-6-10(11,12)13/h2-5H,6H2,1H3,(H,14,15). The van der Waals surface area contributed by atoms with Crippen LogP contribution in [0.4, 0.5) is 13.2 Å². The number of alkyl halides is 3. The first kappa shape index (κ1) is 15.4. The van der Waals surface area contributed by atoms with Gasteiger partial charge in [0, 0.05) is 11.8 Å². The molecule has 0 heterocycles. The van der Waals surface area contributed by atoms with Gasteiger partial charge in [-0.3, -0.25) is 9.63 Å². The summed E-state index contributed by atoms with van der Waals surface area (Å²) >= 11 is 0. The van der Waals surface area contributed by atoms with Gasteiger partial charge in [0.15, 0.2) is 16.4 Å². The average Bonchev–Trinajstić information content (AvgIpc) is 2.26. The molecule has 0 aromatic heterocycles. The predicted octanol–water partition coefficient (Wildman–Crippen LogP) is 1.31. The van der Waals surface area contributed by atoms with E-state index in [0.29, 0.717) is 0 Å². The molecule has 0 aliphatic carbocycles. The zero-order valence-corrected chi connectivity index (χ0v) is 10.5. The average molecular weight is 297 g/mol. The number of sulfone groups is 1. The Bertz CT molecular complexity index is 551. The summed E-state index contributed by atoms with van der Waals surface area (Å²) in [4.78, 5) is 15.3. The van der Waals surface area contributed by atoms with E-state index in [4.69, 9.17) is 0 Å². The smallest absolute Gasteiger partial charge is 0.267 e. The number of hydrogen-bond acceptors (Lipinski definition) is 4. The Morgan fingerprint density at radius 3 is 2.21 bits per heavy atom. The van der Waals surface area contributed by atoms with Crippen molar-refractivity contribution < 1.29 is 31.2 Å². The summed E-state index contributed by atoms with van der Waals surface area (Å²) in [5.41, 5.74) is 1.59. The van der Waals surface area contributed by atoms with Gasteiger partial charge in [-0.15, -0.1) is 0 Å². The van der Waals surface area contributed by atoms with Crippen molar-refractivity contribution in [2.24, 2.45) is 0 Å². The van der Waals surface area contributed by atoms with Gasteiger partial charge in [-0.05, 0) is 24.3 Å². The van der Waals surface area contributed by atoms with E-state index in [1.807, 2.05) is 0 Å². The van der Waals surface area contributed by atoms with E-state index in [0.717, 1.165) is 6.26 Å². The topological polar surface area (TPSA) is 72.5 Å². The van der Waals surface area contributed by atoms with Crippen LogP contribution in [0.1, 0.15) is 10.4 Å². The molecular weight excluding hydrogens is 287 g/mol. The molecule has 1 aromatic carbocycles. The molecule has 0 aliphatic rings. The lowest BCUT2D eigenvalue weighted by Crippen LogP contribution is -2.29. The number of nitrogens with one attached hydrogen (secondary N) is 1. The minimum atomic E-state index is -4.55. The largest absolute Gasteiger partial charge is 0.414 e. The molecule has 1 rings (SSSR count). The Balaban J connectivity index is 2.64. The summed E-state index contributed by atoms with van der Waals surface area (Å²) in [6.07, 6.45) is -3.55. The molecule has 106 valence electrons. The van der Waals surface area contributed by atoms with Crippen LogP contribution < -0.4 is 5.48 Å². The quantitative estimate of drug-likeness (QED) is 0.851. The molecule has 0 saturated carbocycles. The summed E-state index contributed by atoms with van der Waals surface area (Å²) in [5.74, 6) is -0.899. The van der Waals surface area contributed by atoms with E-state index in [2.05, 4.69) is 4.84 Å². The minimum absolute atomic E-state index is 0.000241. The van der Waals surface area contributed by atoms with Crippen LogP contribution in [0, 0.1) is 0 Å². The second kappa shape index (κ2) is 5.57. The number of carbonyl (C=O) groups excluding carboxylic acids is 1. The van der Waals surface area contributed by atoms with Crippen molar-refractivity contribution in [1.29, 1.82) is 0 Å². The van der Waals surface area contributed by atoms with Gasteiger partial charge < -0.3 is 0 Å². The second-order valence-electron chi connectivity index (χ2n) is 3.63. The van der Waals surface area contributed by atoms with Crippen molar-refractivity contribution in [2.75, 3.05) is 12.9 Å². The third-order valence-electron chi connectivity index (χ3n) is 1.95. The molecule has 1 aromatic rings. The Morgan fingerprint density at radius 2 is 1.79 bits per heavy atom. The third-order valence-corrected chi connectivity index (χ3v) is 3.07. The molecule has 19 heavy (non-hydrogen) atoms. The summed E-state index contributed by atoms with van der Waals surface area (Å²) in [6.45, 7) is -1.61. The lowest BCUT2D eigenvalue weighted by Gasteiger charge is -2.08. The van der Waals surface area contributed by atoms with Crippen molar-refractivity contribution in [1.82, 2.24) is 5.48 Å². The summed E-state index contributed by atoms with van der Waals surface area (Å²) in [5, 5.41) is 0. The maximum absolute atomic E-state index is 11.7. The molecule has 0 spiro atoms. The maximum atomic E-state index is 11.7. The molecule has 1 amide bonds. The van der Waals surface area contributed by atoms with Crippen molar-refractivity contribution >= 4 is 15.7 Å². The van der Waals surface area contributed by atoms with Gasteiger partial charge >= 0.3 is 6.18 Å². The molecule has 0 fully saturated rings. The first-order valence-electron chi connectivity index (χ1n) is 4.88. The number of hydrogen-bond donors (Lipinski definition) is 1. The van der Waals surface area contributed by atoms with Crippen molar-refractivity contribution in [3.05, 3.63) is 29.8 Å². The van der Waals surface area contributed by atoms with Gasteiger partial charge in [0.1, 0.15) is 0 Å². The molecule has 0 saturated heterocycles. The number of rotatable bonds is 4. The second-order valence-corrected chi connectivity index (χ2v) is 5.65. The van der Waals surface area contributed by atoms with Crippen molar-refractivity contribution in [2.45, 2.75) is 11.1 Å². The molecule has 0 radical (unpaired) electrons. The van der Waals surface area contributed by atoms with Crippen LogP contribution in [0.15, 0.2) is 29.2 Å². The van der Waals surface area contributed by atoms with E-state index in [9.17, 15) is 26.4 Å². The first-order valence-corrected chi connectivity index (χ1v) is 6.78. The van der Waals surface area contributed by atoms with Crippen molar-refractivity contribution in [3.63, 3.8) is 0 Å². The molecular formula is C10H10F3NO4S. The first-order chi connectivity index (χ1) is 8.59. The van der Waals surface area contributed by atoms with Gasteiger partial charge in [-0.1, -0.05) is 0 Å². The van der Waals surface area contributed by atoms with Gasteiger partial charge in [0.25, 0.3) is 5.91 Å². The molecule has 5 nitrogen and oxygen atoms in total. The van der Waals surface area contributed by atoms with E-state index in [1.165, 1.54) is 24.3 Å². The zero-order chi connectivity index (χ0) is 14.7. The fraction of sp³-hybridized carbons (Fsp3) is 0.300. The highest BCUT2D eigenvalue weighted by molar-refractivity contribution is 7.90. The van der Waals surface area contributed by atoms with E-state index < -0.39 is 28.5 Å². The Kier molecular flexibility index (Phi) is 4.53. The van der Waals surface area contributed by atoms with Crippen LogP contribution >= 0.6 is 0 Å². The van der Waals surface area contributed by atoms with Crippen molar-refractivity contribution in [3.8, 4) is 0 Å². The van der Waals surface area contributed by atoms with Gasteiger partial charge in [-0.2, -0.15) is 13.2 Å². The predicted molar refractivity (Wildman–Crippen MR) is 59.0 cm³/mol. The van der Waals surface area contributed by atoms with Gasteiger partial charge in [0.2, 0.25) is 0 Å². The van der Waals surface area contributed by atoms with Gasteiger partial charge in [-0.25, -0.2) is 13.9 Å². The summed E-state index contributed by atoms with van der Waals surface area (Å²) < 4.78 is 57.5. The van der Waals surface area contributed by atoms with Crippen LogP contribution in [-0.4, -0.2) is 33.4 Å². The lowest BCUT2D eigenvalue weighted by molar-refractivity contribution is -0.184. The molecule has 0 aliphatic heterocycles. The fourth-order valence-electron chi connectivity index (χ4n) is 1.10. The van der Waals surface area contributed by atoms with E-state index >= 15 is 0 Å². The SMILES string of the molecule is CS(=O)(=O)c1ccc(C(=O)NOCC(F)(F)F)cc1. The maximum Gasteiger partial charge on any atom is 0.414 e. The Morgan fingerprint density at radius 1 is 1.26 bits per heavy atom. The number of benzene rings is 1. The normalized spacial score (nSPS) is 12.2. The highest BCUT2D eigenvalue weighted by atomic mass is 32.2. The van der Waals surface area contributed by atoms with Crippen LogP contribution in [0.3, 0.4) is 0 Å². The molecule has 0 atom stereocenters. The Hall–Kier alpha value is -1.61. The van der Waals surface area contributed by atoms with Gasteiger partial charge in [0.05, 0.1) is 4.90 Å². The van der Waals surface area contributed by atoms with Crippen LogP contribution in [0.25, 0.3) is 0 Å².